The van der Waals surface area contributed by atoms with Crippen LogP contribution in [-0.4, -0.2) is 17.2 Å². The molecule has 1 atom stereocenters. The molecule has 0 aliphatic heterocycles. The van der Waals surface area contributed by atoms with Gasteiger partial charge in [0.15, 0.2) is 0 Å². The molecule has 0 saturated carbocycles. The van der Waals surface area contributed by atoms with Gasteiger partial charge in [0.2, 0.25) is 0 Å². The van der Waals surface area contributed by atoms with E-state index in [-0.39, 0.29) is 0 Å². The Bertz CT molecular complexity index is 655. The highest BCUT2D eigenvalue weighted by molar-refractivity contribution is 6.31. The van der Waals surface area contributed by atoms with Crippen molar-refractivity contribution in [2.24, 2.45) is 0 Å². The second kappa shape index (κ2) is 6.46. The quantitative estimate of drug-likeness (QED) is 0.930. The number of hydrogen-bond acceptors (Lipinski definition) is 3. The van der Waals surface area contributed by atoms with Crippen LogP contribution in [-0.2, 0) is 6.42 Å². The molecular weight excluding hydrogens is 286 g/mol. The first-order chi connectivity index (χ1) is 9.93. The topological polar surface area (TPSA) is 42.4 Å². The first-order valence-electron chi connectivity index (χ1n) is 6.87. The monoisotopic (exact) mass is 305 g/mol. The van der Waals surface area contributed by atoms with Gasteiger partial charge in [-0.15, -0.1) is 0 Å². The molecule has 1 N–H and O–H groups in total. The van der Waals surface area contributed by atoms with E-state index in [4.69, 9.17) is 16.3 Å². The smallest absolute Gasteiger partial charge is 0.128 e. The summed E-state index contributed by atoms with van der Waals surface area (Å²) in [5, 5.41) is 11.1. The normalized spacial score (nSPS) is 12.3. The number of aliphatic hydroxyl groups is 1. The number of pyridine rings is 1. The average molecular weight is 306 g/mol. The molecule has 3 nitrogen and oxygen atoms in total. The van der Waals surface area contributed by atoms with E-state index >= 15 is 0 Å². The van der Waals surface area contributed by atoms with Gasteiger partial charge in [0.05, 0.1) is 13.2 Å². The summed E-state index contributed by atoms with van der Waals surface area (Å²) in [6, 6.07) is 5.57. The summed E-state index contributed by atoms with van der Waals surface area (Å²) in [7, 11) is 1.65. The maximum atomic E-state index is 10.4. The molecular formula is C17H20ClNO2. The highest BCUT2D eigenvalue weighted by Crippen LogP contribution is 2.28. The lowest BCUT2D eigenvalue weighted by Crippen LogP contribution is -2.07. The van der Waals surface area contributed by atoms with E-state index in [0.717, 1.165) is 33.7 Å². The number of aromatic nitrogens is 1. The van der Waals surface area contributed by atoms with Crippen molar-refractivity contribution in [2.45, 2.75) is 33.3 Å². The van der Waals surface area contributed by atoms with Gasteiger partial charge in [-0.1, -0.05) is 23.7 Å². The van der Waals surface area contributed by atoms with Gasteiger partial charge in [-0.05, 0) is 38.0 Å². The van der Waals surface area contributed by atoms with Gasteiger partial charge in [0, 0.05) is 34.5 Å². The molecule has 0 aliphatic rings. The zero-order valence-corrected chi connectivity index (χ0v) is 13.5. The molecule has 0 fully saturated rings. The Morgan fingerprint density at radius 2 is 1.95 bits per heavy atom. The number of ether oxygens (including phenoxy) is 1. The van der Waals surface area contributed by atoms with E-state index in [1.165, 1.54) is 0 Å². The van der Waals surface area contributed by atoms with Crippen LogP contribution in [0.1, 0.15) is 34.1 Å². The lowest BCUT2D eigenvalue weighted by molar-refractivity contribution is 0.177. The van der Waals surface area contributed by atoms with E-state index in [0.29, 0.717) is 11.4 Å². The van der Waals surface area contributed by atoms with Crippen LogP contribution in [0.2, 0.25) is 5.02 Å². The Kier molecular flexibility index (Phi) is 4.86. The molecule has 21 heavy (non-hydrogen) atoms. The van der Waals surface area contributed by atoms with Crippen molar-refractivity contribution >= 4 is 11.6 Å². The number of halogens is 1. The molecule has 112 valence electrons. The summed E-state index contributed by atoms with van der Waals surface area (Å²) >= 11 is 6.02. The standard InChI is InChI=1S/C17H20ClNO2/c1-10-7-13(5-6-14(10)18)16(20)8-15-12(3)17(21-4)11(2)9-19-15/h5-7,9,16,20H,8H2,1-4H3. The zero-order valence-electron chi connectivity index (χ0n) is 12.8. The SMILES string of the molecule is COc1c(C)cnc(CC(O)c2ccc(Cl)c(C)c2)c1C. The van der Waals surface area contributed by atoms with Crippen molar-refractivity contribution in [3.63, 3.8) is 0 Å². The predicted molar refractivity (Wildman–Crippen MR) is 85.1 cm³/mol. The number of hydrogen-bond donors (Lipinski definition) is 1. The van der Waals surface area contributed by atoms with Crippen LogP contribution in [0.15, 0.2) is 24.4 Å². The molecule has 0 amide bonds. The van der Waals surface area contributed by atoms with Gasteiger partial charge in [-0.2, -0.15) is 0 Å². The predicted octanol–water partition coefficient (Wildman–Crippen LogP) is 3.94. The third kappa shape index (κ3) is 3.36. The van der Waals surface area contributed by atoms with Crippen molar-refractivity contribution in [1.29, 1.82) is 0 Å². The summed E-state index contributed by atoms with van der Waals surface area (Å²) in [6.45, 7) is 5.85. The number of aryl methyl sites for hydroxylation is 2. The third-order valence-electron chi connectivity index (χ3n) is 3.70. The van der Waals surface area contributed by atoms with Crippen LogP contribution < -0.4 is 4.74 Å². The minimum Gasteiger partial charge on any atom is -0.496 e. The Morgan fingerprint density at radius 1 is 1.24 bits per heavy atom. The number of nitrogens with zero attached hydrogens (tertiary/aromatic N) is 1. The van der Waals surface area contributed by atoms with Gasteiger partial charge in [0.1, 0.15) is 5.75 Å². The molecule has 2 rings (SSSR count). The number of aliphatic hydroxyl groups excluding tert-OH is 1. The molecule has 0 saturated heterocycles. The van der Waals surface area contributed by atoms with Gasteiger partial charge in [0.25, 0.3) is 0 Å². The molecule has 2 aromatic rings. The van der Waals surface area contributed by atoms with Gasteiger partial charge >= 0.3 is 0 Å². The lowest BCUT2D eigenvalue weighted by Gasteiger charge is -2.16. The van der Waals surface area contributed by atoms with Crippen LogP contribution >= 0.6 is 11.6 Å². The highest BCUT2D eigenvalue weighted by Gasteiger charge is 2.15. The van der Waals surface area contributed by atoms with Crippen LogP contribution in [0, 0.1) is 20.8 Å². The van der Waals surface area contributed by atoms with E-state index < -0.39 is 6.10 Å². The summed E-state index contributed by atoms with van der Waals surface area (Å²) in [6.07, 6.45) is 1.62. The largest absolute Gasteiger partial charge is 0.496 e. The molecule has 1 aromatic heterocycles. The van der Waals surface area contributed by atoms with Gasteiger partial charge < -0.3 is 9.84 Å². The Morgan fingerprint density at radius 3 is 2.57 bits per heavy atom. The van der Waals surface area contributed by atoms with E-state index in [1.807, 2.05) is 39.0 Å². The van der Waals surface area contributed by atoms with Gasteiger partial charge in [-0.3, -0.25) is 4.98 Å². The van der Waals surface area contributed by atoms with Crippen molar-refractivity contribution in [3.8, 4) is 5.75 Å². The molecule has 0 aliphatic carbocycles. The maximum absolute atomic E-state index is 10.4. The average Bonchev–Trinajstić information content (AvgIpc) is 2.45. The minimum absolute atomic E-state index is 0.448. The van der Waals surface area contributed by atoms with E-state index in [1.54, 1.807) is 13.3 Å². The van der Waals surface area contributed by atoms with Crippen LogP contribution in [0.5, 0.6) is 5.75 Å². The fourth-order valence-corrected chi connectivity index (χ4v) is 2.57. The first-order valence-corrected chi connectivity index (χ1v) is 7.25. The van der Waals surface area contributed by atoms with Crippen molar-refractivity contribution in [2.75, 3.05) is 7.11 Å². The first kappa shape index (κ1) is 15.8. The highest BCUT2D eigenvalue weighted by atomic mass is 35.5. The molecule has 1 heterocycles. The molecule has 4 heteroatoms. The van der Waals surface area contributed by atoms with Crippen molar-refractivity contribution in [3.05, 3.63) is 57.4 Å². The summed E-state index contributed by atoms with van der Waals surface area (Å²) in [4.78, 5) is 4.43. The Labute approximate surface area is 130 Å². The van der Waals surface area contributed by atoms with Crippen LogP contribution in [0.4, 0.5) is 0 Å². The van der Waals surface area contributed by atoms with Gasteiger partial charge in [-0.25, -0.2) is 0 Å². The fourth-order valence-electron chi connectivity index (χ4n) is 2.45. The summed E-state index contributed by atoms with van der Waals surface area (Å²) in [5.41, 5.74) is 4.62. The minimum atomic E-state index is -0.612. The summed E-state index contributed by atoms with van der Waals surface area (Å²) in [5.74, 6) is 0.833. The van der Waals surface area contributed by atoms with E-state index in [2.05, 4.69) is 4.98 Å². The maximum Gasteiger partial charge on any atom is 0.128 e. The number of benzene rings is 1. The third-order valence-corrected chi connectivity index (χ3v) is 4.13. The molecule has 0 spiro atoms. The molecule has 0 bridgehead atoms. The second-order valence-electron chi connectivity index (χ2n) is 5.27. The second-order valence-corrected chi connectivity index (χ2v) is 5.68. The fraction of sp³-hybridized carbons (Fsp3) is 0.353. The molecule has 1 unspecified atom stereocenters. The summed E-state index contributed by atoms with van der Waals surface area (Å²) < 4.78 is 5.40. The lowest BCUT2D eigenvalue weighted by atomic mass is 10.00. The van der Waals surface area contributed by atoms with Crippen molar-refractivity contribution in [1.82, 2.24) is 4.98 Å². The Balaban J connectivity index is 2.27. The number of rotatable bonds is 4. The molecule has 1 aromatic carbocycles. The van der Waals surface area contributed by atoms with Crippen LogP contribution in [0.25, 0.3) is 0 Å². The molecule has 0 radical (unpaired) electrons. The van der Waals surface area contributed by atoms with Crippen molar-refractivity contribution < 1.29 is 9.84 Å². The zero-order chi connectivity index (χ0) is 15.6. The Hall–Kier alpha value is -1.58. The number of methoxy groups -OCH3 is 1. The van der Waals surface area contributed by atoms with Crippen LogP contribution in [0.3, 0.4) is 0 Å². The van der Waals surface area contributed by atoms with E-state index in [9.17, 15) is 5.11 Å².